The van der Waals surface area contributed by atoms with Gasteiger partial charge in [0, 0.05) is 29.0 Å². The van der Waals surface area contributed by atoms with Crippen LogP contribution in [0.3, 0.4) is 0 Å². The number of benzene rings is 1. The van der Waals surface area contributed by atoms with Crippen molar-refractivity contribution in [3.8, 4) is 0 Å². The summed E-state index contributed by atoms with van der Waals surface area (Å²) < 4.78 is 5.77. The number of nitrogens with zero attached hydrogens (tertiary/aromatic N) is 4. The number of ether oxygens (including phenoxy) is 1. The molecule has 3 heterocycles. The molecule has 0 N–H and O–H groups in total. The zero-order valence-corrected chi connectivity index (χ0v) is 24.8. The Labute approximate surface area is 242 Å². The Morgan fingerprint density at radius 2 is 1.85 bits per heavy atom. The van der Waals surface area contributed by atoms with E-state index in [1.807, 2.05) is 28.4 Å². The van der Waals surface area contributed by atoms with Crippen LogP contribution in [0.5, 0.6) is 0 Å². The van der Waals surface area contributed by atoms with Gasteiger partial charge in [-0.05, 0) is 67.6 Å². The number of methoxy groups -OCH3 is 1. The first-order valence-electron chi connectivity index (χ1n) is 14.0. The van der Waals surface area contributed by atoms with E-state index in [1.165, 1.54) is 30.4 Å². The summed E-state index contributed by atoms with van der Waals surface area (Å²) in [6.45, 7) is 0.459. The number of hydrogen-bond acceptors (Lipinski definition) is 8. The van der Waals surface area contributed by atoms with Crippen molar-refractivity contribution in [1.82, 2.24) is 14.9 Å². The van der Waals surface area contributed by atoms with Crippen LogP contribution in [0, 0.1) is 11.3 Å². The first-order chi connectivity index (χ1) is 19.1. The molecule has 1 atom stereocenters. The van der Waals surface area contributed by atoms with Crippen molar-refractivity contribution < 1.29 is 9.53 Å². The number of carbonyl (C=O) groups is 1. The highest BCUT2D eigenvalue weighted by Crippen LogP contribution is 2.62. The Hall–Kier alpha value is -2.07. The fourth-order valence-corrected chi connectivity index (χ4v) is 9.13. The lowest BCUT2D eigenvalue weighted by Gasteiger charge is -2.45. The molecule has 6 nitrogen and oxygen atoms in total. The second kappa shape index (κ2) is 10.4. The first kappa shape index (κ1) is 25.9. The molecular formula is C30H34N4O2S3. The third-order valence-corrected chi connectivity index (χ3v) is 11.6. The van der Waals surface area contributed by atoms with E-state index in [1.54, 1.807) is 34.4 Å². The summed E-state index contributed by atoms with van der Waals surface area (Å²) in [5, 5.41) is 4.93. The number of fused-ring (bicyclic) bond motifs is 3. The van der Waals surface area contributed by atoms with Crippen LogP contribution in [0.1, 0.15) is 73.0 Å². The summed E-state index contributed by atoms with van der Waals surface area (Å²) in [6, 6.07) is 6.97. The average molecular weight is 579 g/mol. The molecule has 2 aromatic heterocycles. The molecule has 0 radical (unpaired) electrons. The monoisotopic (exact) mass is 578 g/mol. The maximum absolute atomic E-state index is 14.9. The van der Waals surface area contributed by atoms with Gasteiger partial charge in [-0.1, -0.05) is 42.8 Å². The van der Waals surface area contributed by atoms with Gasteiger partial charge in [0.2, 0.25) is 0 Å². The number of thiazole rings is 2. The van der Waals surface area contributed by atoms with Gasteiger partial charge < -0.3 is 4.74 Å². The van der Waals surface area contributed by atoms with Crippen molar-refractivity contribution in [2.45, 2.75) is 81.7 Å². The number of carbonyl (C=O) groups excluding carboxylic acids is 1. The van der Waals surface area contributed by atoms with Crippen molar-refractivity contribution in [3.63, 3.8) is 0 Å². The standard InChI is InChI=1S/C30H34N4O2S3/c1-36-25-8-10-29(11-9-25)13-22-7-6-21(5-4-20-2-3-20)12-26(22)30(29)27(35)34(14-23-15-37-18-31-23)28(33-30)39-17-24-16-38-19-32-24/h6-7,12,15-16,18-20,25H,2-5,8-11,13-14,17H2,1H3. The number of rotatable bonds is 8. The third kappa shape index (κ3) is 4.59. The van der Waals surface area contributed by atoms with Gasteiger partial charge in [0.15, 0.2) is 10.7 Å². The third-order valence-electron chi connectivity index (χ3n) is 9.31. The van der Waals surface area contributed by atoms with E-state index in [4.69, 9.17) is 9.73 Å². The molecule has 1 amide bonds. The fraction of sp³-hybridized carbons (Fsp3) is 0.533. The lowest BCUT2D eigenvalue weighted by atomic mass is 9.61. The number of thioether (sulfide) groups is 1. The predicted molar refractivity (Wildman–Crippen MR) is 158 cm³/mol. The molecule has 2 spiro atoms. The van der Waals surface area contributed by atoms with Gasteiger partial charge in [-0.2, -0.15) is 0 Å². The van der Waals surface area contributed by atoms with E-state index in [-0.39, 0.29) is 17.4 Å². The Kier molecular flexibility index (Phi) is 6.90. The van der Waals surface area contributed by atoms with Crippen LogP contribution >= 0.6 is 34.4 Å². The first-order valence-corrected chi connectivity index (χ1v) is 16.9. The second-order valence-corrected chi connectivity index (χ2v) is 14.0. The quantitative estimate of drug-likeness (QED) is 0.301. The Morgan fingerprint density at radius 3 is 2.54 bits per heavy atom. The van der Waals surface area contributed by atoms with Crippen LogP contribution in [0.4, 0.5) is 0 Å². The van der Waals surface area contributed by atoms with Crippen molar-refractivity contribution >= 4 is 45.5 Å². The van der Waals surface area contributed by atoms with Crippen molar-refractivity contribution in [2.75, 3.05) is 7.11 Å². The molecule has 39 heavy (non-hydrogen) atoms. The van der Waals surface area contributed by atoms with Gasteiger partial charge in [0.05, 0.1) is 35.1 Å². The molecule has 0 saturated heterocycles. The zero-order valence-electron chi connectivity index (χ0n) is 22.3. The van der Waals surface area contributed by atoms with Gasteiger partial charge in [0.1, 0.15) is 0 Å². The molecule has 2 fully saturated rings. The molecule has 1 aromatic carbocycles. The molecule has 204 valence electrons. The number of amidine groups is 1. The van der Waals surface area contributed by atoms with E-state index in [0.29, 0.717) is 12.3 Å². The normalized spacial score (nSPS) is 28.0. The molecule has 0 bridgehead atoms. The van der Waals surface area contributed by atoms with E-state index >= 15 is 0 Å². The molecule has 9 heteroatoms. The maximum Gasteiger partial charge on any atom is 0.262 e. The van der Waals surface area contributed by atoms with E-state index < -0.39 is 5.54 Å². The van der Waals surface area contributed by atoms with E-state index in [2.05, 4.69) is 33.5 Å². The minimum atomic E-state index is -0.878. The van der Waals surface area contributed by atoms with Crippen molar-refractivity contribution in [2.24, 2.45) is 16.3 Å². The minimum absolute atomic E-state index is 0.130. The van der Waals surface area contributed by atoms with Gasteiger partial charge in [-0.15, -0.1) is 22.7 Å². The highest BCUT2D eigenvalue weighted by molar-refractivity contribution is 8.13. The summed E-state index contributed by atoms with van der Waals surface area (Å²) in [5.41, 5.74) is 8.36. The van der Waals surface area contributed by atoms with Crippen molar-refractivity contribution in [3.05, 3.63) is 68.1 Å². The SMILES string of the molecule is COC1CCC2(CC1)Cc1ccc(CCC3CC3)cc1C21N=C(SCc2cscn2)N(Cc2cscn2)C1=O. The van der Waals surface area contributed by atoms with Gasteiger partial charge in [-0.3, -0.25) is 9.69 Å². The van der Waals surface area contributed by atoms with Crippen LogP contribution in [0.15, 0.2) is 45.0 Å². The number of aryl methyl sites for hydroxylation is 1. The van der Waals surface area contributed by atoms with Crippen LogP contribution in [0.2, 0.25) is 0 Å². The topological polar surface area (TPSA) is 67.7 Å². The number of hydrogen-bond donors (Lipinski definition) is 0. The Balaban J connectivity index is 1.31. The predicted octanol–water partition coefficient (Wildman–Crippen LogP) is 6.60. The molecule has 3 aliphatic carbocycles. The lowest BCUT2D eigenvalue weighted by Crippen LogP contribution is -2.51. The summed E-state index contributed by atoms with van der Waals surface area (Å²) in [6.07, 6.45) is 10.1. The molecule has 4 aliphatic rings. The van der Waals surface area contributed by atoms with Crippen molar-refractivity contribution in [1.29, 1.82) is 0 Å². The summed E-state index contributed by atoms with van der Waals surface area (Å²) in [5.74, 6) is 1.72. The number of amides is 1. The zero-order chi connectivity index (χ0) is 26.5. The fourth-order valence-electron chi connectivity index (χ4n) is 6.97. The van der Waals surface area contributed by atoms with Crippen LogP contribution < -0.4 is 0 Å². The summed E-state index contributed by atoms with van der Waals surface area (Å²) >= 11 is 4.81. The number of aliphatic imine (C=N–C) groups is 1. The molecule has 2 saturated carbocycles. The highest BCUT2D eigenvalue weighted by Gasteiger charge is 2.66. The Morgan fingerprint density at radius 1 is 1.08 bits per heavy atom. The van der Waals surface area contributed by atoms with Crippen LogP contribution in [-0.2, 0) is 40.2 Å². The molecule has 1 aliphatic heterocycles. The molecule has 7 rings (SSSR count). The molecule has 1 unspecified atom stereocenters. The average Bonchev–Trinajstić information content (AvgIpc) is 3.28. The maximum atomic E-state index is 14.9. The summed E-state index contributed by atoms with van der Waals surface area (Å²) in [7, 11) is 1.82. The second-order valence-electron chi connectivity index (χ2n) is 11.6. The smallest absolute Gasteiger partial charge is 0.262 e. The van der Waals surface area contributed by atoms with Gasteiger partial charge in [0.25, 0.3) is 5.91 Å². The van der Waals surface area contributed by atoms with Crippen LogP contribution in [-0.4, -0.2) is 39.2 Å². The Bertz CT molecular complexity index is 1360. The van der Waals surface area contributed by atoms with E-state index in [0.717, 1.165) is 66.6 Å². The molecular weight excluding hydrogens is 545 g/mol. The lowest BCUT2D eigenvalue weighted by molar-refractivity contribution is -0.138. The van der Waals surface area contributed by atoms with E-state index in [9.17, 15) is 4.79 Å². The van der Waals surface area contributed by atoms with Gasteiger partial charge >= 0.3 is 0 Å². The summed E-state index contributed by atoms with van der Waals surface area (Å²) in [4.78, 5) is 31.4. The number of aromatic nitrogens is 2. The minimum Gasteiger partial charge on any atom is -0.381 e. The van der Waals surface area contributed by atoms with Gasteiger partial charge in [-0.25, -0.2) is 15.0 Å². The molecule has 3 aromatic rings. The largest absolute Gasteiger partial charge is 0.381 e. The highest BCUT2D eigenvalue weighted by atomic mass is 32.2. The van der Waals surface area contributed by atoms with Crippen LogP contribution in [0.25, 0.3) is 0 Å².